The predicted molar refractivity (Wildman–Crippen MR) is 117 cm³/mol. The van der Waals surface area contributed by atoms with Crippen LogP contribution in [0, 0.1) is 0 Å². The Bertz CT molecular complexity index is 1110. The zero-order valence-electron chi connectivity index (χ0n) is 18.2. The van der Waals surface area contributed by atoms with Crippen molar-refractivity contribution in [2.45, 2.75) is 23.8 Å². The summed E-state index contributed by atoms with van der Waals surface area (Å²) in [5, 5.41) is 11.9. The van der Waals surface area contributed by atoms with Gasteiger partial charge in [-0.15, -0.1) is 18.3 Å². The SMILES string of the molecule is C[N-]Cc1cc(C(F)(F)F)c(Oc2ccccc2SC)c(C(F)(F)F)c1.O=C(O)c1cncnc1. The quantitative estimate of drug-likeness (QED) is 0.282. The first kappa shape index (κ1) is 27.9. The van der Waals surface area contributed by atoms with E-state index in [-0.39, 0.29) is 23.4 Å². The predicted octanol–water partition coefficient (Wildman–Crippen LogP) is 6.92. The minimum Gasteiger partial charge on any atom is -0.661 e. The van der Waals surface area contributed by atoms with Gasteiger partial charge in [0.05, 0.1) is 16.7 Å². The maximum absolute atomic E-state index is 13.4. The summed E-state index contributed by atoms with van der Waals surface area (Å²) in [6, 6.07) is 7.23. The van der Waals surface area contributed by atoms with E-state index in [1.165, 1.54) is 37.9 Å². The number of aromatic carboxylic acids is 1. The molecule has 0 saturated carbocycles. The molecule has 13 heteroatoms. The molecule has 3 rings (SSSR count). The summed E-state index contributed by atoms with van der Waals surface area (Å²) in [6.07, 6.45) is -4.62. The van der Waals surface area contributed by atoms with Gasteiger partial charge in [0.25, 0.3) is 0 Å². The van der Waals surface area contributed by atoms with Crippen LogP contribution in [0.15, 0.2) is 60.0 Å². The first-order chi connectivity index (χ1) is 16.4. The second-order valence-electron chi connectivity index (χ2n) is 6.68. The molecule has 0 spiro atoms. The fraction of sp³-hybridized carbons (Fsp3) is 0.227. The molecule has 0 bridgehead atoms. The summed E-state index contributed by atoms with van der Waals surface area (Å²) in [7, 11) is 1.31. The van der Waals surface area contributed by atoms with Crippen molar-refractivity contribution >= 4 is 17.7 Å². The van der Waals surface area contributed by atoms with Crippen LogP contribution in [-0.4, -0.2) is 34.3 Å². The highest BCUT2D eigenvalue weighted by Crippen LogP contribution is 2.47. The smallest absolute Gasteiger partial charge is 0.420 e. The van der Waals surface area contributed by atoms with Crippen molar-refractivity contribution in [3.63, 3.8) is 0 Å². The lowest BCUT2D eigenvalue weighted by Crippen LogP contribution is -2.15. The molecule has 6 nitrogen and oxygen atoms in total. The molecular formula is C22H18F6N3O3S-. The van der Waals surface area contributed by atoms with Gasteiger partial charge in [-0.25, -0.2) is 14.8 Å². The fourth-order valence-corrected chi connectivity index (χ4v) is 3.24. The molecule has 0 aliphatic heterocycles. The van der Waals surface area contributed by atoms with Gasteiger partial charge in [-0.3, -0.25) is 0 Å². The number of aromatic nitrogens is 2. The van der Waals surface area contributed by atoms with Crippen molar-refractivity contribution in [3.8, 4) is 11.5 Å². The number of alkyl halides is 6. The van der Waals surface area contributed by atoms with E-state index in [0.717, 1.165) is 11.8 Å². The third-order valence-corrected chi connectivity index (χ3v) is 4.97. The standard InChI is InChI=1S/C17H14F6NOS.C5H4N2O2/c1-24-9-10-7-11(16(18,19)20)15(12(8-10)17(21,22)23)25-13-5-3-4-6-14(13)26-2;8-5(9)4-1-6-3-7-2-4/h3-8H,9H2,1-2H3;1-3H,(H,8,9)/q-1;. The number of ether oxygens (including phenoxy) is 1. The van der Waals surface area contributed by atoms with Crippen molar-refractivity contribution in [2.24, 2.45) is 0 Å². The van der Waals surface area contributed by atoms with Crippen LogP contribution < -0.4 is 4.74 Å². The Morgan fingerprint density at radius 2 is 1.57 bits per heavy atom. The molecule has 1 heterocycles. The molecule has 0 saturated heterocycles. The molecule has 0 amide bonds. The van der Waals surface area contributed by atoms with Crippen LogP contribution >= 0.6 is 11.8 Å². The molecule has 0 aliphatic rings. The van der Waals surface area contributed by atoms with Crippen molar-refractivity contribution in [2.75, 3.05) is 13.3 Å². The first-order valence-corrected chi connectivity index (χ1v) is 10.8. The Morgan fingerprint density at radius 3 is 2.00 bits per heavy atom. The molecule has 2 aromatic carbocycles. The second kappa shape index (κ2) is 11.9. The van der Waals surface area contributed by atoms with Crippen molar-refractivity contribution < 1.29 is 41.0 Å². The molecule has 188 valence electrons. The van der Waals surface area contributed by atoms with E-state index in [1.54, 1.807) is 18.4 Å². The first-order valence-electron chi connectivity index (χ1n) is 9.54. The number of thioether (sulfide) groups is 1. The zero-order valence-corrected chi connectivity index (χ0v) is 19.0. The Balaban J connectivity index is 0.000000402. The summed E-state index contributed by atoms with van der Waals surface area (Å²) in [6.45, 7) is -0.270. The maximum atomic E-state index is 13.4. The van der Waals surface area contributed by atoms with E-state index in [4.69, 9.17) is 9.84 Å². The number of carboxylic acid groups (broad SMARTS) is 1. The van der Waals surface area contributed by atoms with Crippen LogP contribution in [0.4, 0.5) is 26.3 Å². The van der Waals surface area contributed by atoms with Crippen LogP contribution in [0.1, 0.15) is 27.0 Å². The third-order valence-electron chi connectivity index (χ3n) is 4.19. The van der Waals surface area contributed by atoms with Gasteiger partial charge < -0.3 is 15.2 Å². The number of para-hydroxylation sites is 1. The van der Waals surface area contributed by atoms with Gasteiger partial charge in [-0.1, -0.05) is 17.7 Å². The minimum atomic E-state index is -5.02. The fourth-order valence-electron chi connectivity index (χ4n) is 2.72. The highest BCUT2D eigenvalue weighted by Gasteiger charge is 2.42. The zero-order chi connectivity index (χ0) is 26.2. The van der Waals surface area contributed by atoms with E-state index in [1.807, 2.05) is 0 Å². The van der Waals surface area contributed by atoms with Crippen molar-refractivity contribution in [1.29, 1.82) is 0 Å². The summed E-state index contributed by atoms with van der Waals surface area (Å²) in [5.41, 5.74) is -3.06. The van der Waals surface area contributed by atoms with Gasteiger partial charge in [0.2, 0.25) is 0 Å². The van der Waals surface area contributed by atoms with Crippen LogP contribution in [0.2, 0.25) is 0 Å². The summed E-state index contributed by atoms with van der Waals surface area (Å²) in [5.74, 6) is -2.34. The molecule has 0 radical (unpaired) electrons. The summed E-state index contributed by atoms with van der Waals surface area (Å²) in [4.78, 5) is 17.6. The van der Waals surface area contributed by atoms with Crippen LogP contribution in [0.3, 0.4) is 0 Å². The van der Waals surface area contributed by atoms with Gasteiger partial charge in [0, 0.05) is 17.3 Å². The number of hydrogen-bond acceptors (Lipinski definition) is 5. The molecule has 0 fully saturated rings. The average molecular weight is 518 g/mol. The normalized spacial score (nSPS) is 11.4. The largest absolute Gasteiger partial charge is 0.661 e. The van der Waals surface area contributed by atoms with E-state index < -0.39 is 35.2 Å². The Kier molecular flexibility index (Phi) is 9.48. The Labute approximate surface area is 200 Å². The number of nitrogens with zero attached hydrogens (tertiary/aromatic N) is 3. The van der Waals surface area contributed by atoms with Gasteiger partial charge in [-0.2, -0.15) is 33.4 Å². The average Bonchev–Trinajstić information content (AvgIpc) is 2.80. The van der Waals surface area contributed by atoms with Crippen molar-refractivity contribution in [1.82, 2.24) is 9.97 Å². The lowest BCUT2D eigenvalue weighted by molar-refractivity contribution is -0.145. The lowest BCUT2D eigenvalue weighted by atomic mass is 10.0. The van der Waals surface area contributed by atoms with E-state index in [2.05, 4.69) is 15.3 Å². The molecule has 3 aromatic rings. The van der Waals surface area contributed by atoms with E-state index >= 15 is 0 Å². The molecular weight excluding hydrogens is 500 g/mol. The lowest BCUT2D eigenvalue weighted by Gasteiger charge is -2.23. The summed E-state index contributed by atoms with van der Waals surface area (Å²) < 4.78 is 85.8. The summed E-state index contributed by atoms with van der Waals surface area (Å²) >= 11 is 1.15. The number of rotatable bonds is 6. The van der Waals surface area contributed by atoms with E-state index in [0.29, 0.717) is 17.0 Å². The number of halogens is 6. The Morgan fingerprint density at radius 1 is 1.03 bits per heavy atom. The highest BCUT2D eigenvalue weighted by molar-refractivity contribution is 7.98. The van der Waals surface area contributed by atoms with Gasteiger partial charge >= 0.3 is 18.3 Å². The van der Waals surface area contributed by atoms with Gasteiger partial charge in [0.15, 0.2) is 5.75 Å². The monoisotopic (exact) mass is 518 g/mol. The van der Waals surface area contributed by atoms with Crippen LogP contribution in [-0.2, 0) is 18.9 Å². The molecule has 35 heavy (non-hydrogen) atoms. The van der Waals surface area contributed by atoms with E-state index in [9.17, 15) is 31.1 Å². The van der Waals surface area contributed by atoms with Crippen LogP contribution in [0.5, 0.6) is 11.5 Å². The number of carbonyl (C=O) groups is 1. The van der Waals surface area contributed by atoms with Gasteiger partial charge in [-0.05, 0) is 30.5 Å². The van der Waals surface area contributed by atoms with Crippen LogP contribution in [0.25, 0.3) is 5.32 Å². The molecule has 1 aromatic heterocycles. The molecule has 0 unspecified atom stereocenters. The number of hydrogen-bond donors (Lipinski definition) is 1. The topological polar surface area (TPSA) is 86.4 Å². The second-order valence-corrected chi connectivity index (χ2v) is 7.52. The molecule has 0 aliphatic carbocycles. The highest BCUT2D eigenvalue weighted by atomic mass is 32.2. The number of carboxylic acids is 1. The minimum absolute atomic E-state index is 0.0797. The Hall–Kier alpha value is -3.32. The van der Waals surface area contributed by atoms with Gasteiger partial charge in [0.1, 0.15) is 12.1 Å². The van der Waals surface area contributed by atoms with Crippen molar-refractivity contribution in [3.05, 3.63) is 82.7 Å². The maximum Gasteiger partial charge on any atom is 0.420 e. The third kappa shape index (κ3) is 7.86. The number of benzene rings is 2. The molecule has 0 atom stereocenters. The molecule has 1 N–H and O–H groups in total.